The lowest BCUT2D eigenvalue weighted by Gasteiger charge is -2.03. The van der Waals surface area contributed by atoms with Gasteiger partial charge in [-0.1, -0.05) is 40.9 Å². The fourth-order valence-corrected chi connectivity index (χ4v) is 2.86. The molecule has 1 aliphatic carbocycles. The first-order chi connectivity index (χ1) is 8.08. The van der Waals surface area contributed by atoms with Crippen molar-refractivity contribution in [1.82, 2.24) is 0 Å². The van der Waals surface area contributed by atoms with Crippen molar-refractivity contribution in [3.05, 3.63) is 56.5 Å². The minimum absolute atomic E-state index is 0.0816. The van der Waals surface area contributed by atoms with Gasteiger partial charge in [-0.3, -0.25) is 4.79 Å². The van der Waals surface area contributed by atoms with E-state index in [2.05, 4.69) is 0 Å². The Morgan fingerprint density at radius 2 is 1.47 bits per heavy atom. The van der Waals surface area contributed by atoms with Crippen molar-refractivity contribution < 1.29 is 4.79 Å². The predicted molar refractivity (Wildman–Crippen MR) is 70.3 cm³/mol. The van der Waals surface area contributed by atoms with Gasteiger partial charge in [0.05, 0.1) is 5.02 Å². The topological polar surface area (TPSA) is 17.1 Å². The van der Waals surface area contributed by atoms with Crippen molar-refractivity contribution in [1.29, 1.82) is 0 Å². The summed E-state index contributed by atoms with van der Waals surface area (Å²) in [7, 11) is 0. The molecule has 0 bridgehead atoms. The first kappa shape index (κ1) is 11.1. The van der Waals surface area contributed by atoms with Gasteiger partial charge in [0.2, 0.25) is 0 Å². The largest absolute Gasteiger partial charge is 0.289 e. The molecule has 2 aromatic rings. The average molecular weight is 284 g/mol. The number of hydrogen-bond acceptors (Lipinski definition) is 1. The molecule has 17 heavy (non-hydrogen) atoms. The second-order valence-corrected chi connectivity index (χ2v) is 5.11. The highest BCUT2D eigenvalue weighted by atomic mass is 35.5. The van der Waals surface area contributed by atoms with Crippen molar-refractivity contribution >= 4 is 40.6 Å². The number of rotatable bonds is 0. The smallest absolute Gasteiger partial charge is 0.194 e. The molecular formula is C13H5Cl3O. The average Bonchev–Trinajstić information content (AvgIpc) is 2.53. The molecule has 0 saturated heterocycles. The summed E-state index contributed by atoms with van der Waals surface area (Å²) in [5.74, 6) is -0.0816. The van der Waals surface area contributed by atoms with Crippen LogP contribution < -0.4 is 0 Å². The maximum Gasteiger partial charge on any atom is 0.194 e. The summed E-state index contributed by atoms with van der Waals surface area (Å²) in [4.78, 5) is 12.2. The van der Waals surface area contributed by atoms with Crippen LogP contribution >= 0.6 is 34.8 Å². The Hall–Kier alpha value is -1.02. The van der Waals surface area contributed by atoms with Gasteiger partial charge in [0, 0.05) is 26.7 Å². The molecule has 2 aromatic carbocycles. The fraction of sp³-hybridized carbons (Fsp3) is 0. The zero-order chi connectivity index (χ0) is 12.2. The molecule has 0 amide bonds. The van der Waals surface area contributed by atoms with Crippen LogP contribution in [0.5, 0.6) is 0 Å². The van der Waals surface area contributed by atoms with Gasteiger partial charge in [0.25, 0.3) is 0 Å². The highest BCUT2D eigenvalue weighted by molar-refractivity contribution is 6.40. The van der Waals surface area contributed by atoms with Crippen molar-refractivity contribution in [3.63, 3.8) is 0 Å². The van der Waals surface area contributed by atoms with Crippen molar-refractivity contribution in [2.45, 2.75) is 0 Å². The molecular weight excluding hydrogens is 279 g/mol. The molecule has 0 fully saturated rings. The van der Waals surface area contributed by atoms with Gasteiger partial charge < -0.3 is 0 Å². The van der Waals surface area contributed by atoms with Gasteiger partial charge in [-0.15, -0.1) is 0 Å². The van der Waals surface area contributed by atoms with Gasteiger partial charge in [-0.25, -0.2) is 0 Å². The highest BCUT2D eigenvalue weighted by Crippen LogP contribution is 2.43. The lowest BCUT2D eigenvalue weighted by atomic mass is 10.1. The van der Waals surface area contributed by atoms with Crippen LogP contribution in [0.1, 0.15) is 15.9 Å². The number of carbonyl (C=O) groups is 1. The standard InChI is InChI=1S/C13H5Cl3O/c14-6-1-2-8-9(3-6)13(17)10-4-7(15)5-11(16)12(8)10/h1-5H. The van der Waals surface area contributed by atoms with E-state index in [0.717, 1.165) is 11.1 Å². The molecule has 0 spiro atoms. The molecule has 0 unspecified atom stereocenters. The van der Waals surface area contributed by atoms with Crippen LogP contribution in [0.15, 0.2) is 30.3 Å². The van der Waals surface area contributed by atoms with Crippen molar-refractivity contribution in [2.75, 3.05) is 0 Å². The summed E-state index contributed by atoms with van der Waals surface area (Å²) in [5, 5.41) is 1.48. The van der Waals surface area contributed by atoms with Crippen LogP contribution in [0, 0.1) is 0 Å². The number of fused-ring (bicyclic) bond motifs is 3. The normalized spacial score (nSPS) is 12.5. The Kier molecular flexibility index (Phi) is 2.44. The van der Waals surface area contributed by atoms with Crippen LogP contribution in [-0.4, -0.2) is 5.78 Å². The third-order valence-corrected chi connectivity index (χ3v) is 3.55. The SMILES string of the molecule is O=C1c2cc(Cl)ccc2-c2c(Cl)cc(Cl)cc21. The van der Waals surface area contributed by atoms with Crippen LogP contribution in [0.25, 0.3) is 11.1 Å². The van der Waals surface area contributed by atoms with E-state index in [1.54, 1.807) is 30.3 Å². The summed E-state index contributed by atoms with van der Waals surface area (Å²) >= 11 is 17.9. The number of ketones is 1. The summed E-state index contributed by atoms with van der Waals surface area (Å²) in [6, 6.07) is 8.48. The lowest BCUT2D eigenvalue weighted by molar-refractivity contribution is 0.104. The van der Waals surface area contributed by atoms with Crippen LogP contribution in [0.2, 0.25) is 15.1 Å². The monoisotopic (exact) mass is 282 g/mol. The molecule has 1 nitrogen and oxygen atoms in total. The molecule has 0 radical (unpaired) electrons. The third-order valence-electron chi connectivity index (χ3n) is 2.80. The molecule has 4 heteroatoms. The molecule has 0 saturated carbocycles. The van der Waals surface area contributed by atoms with Gasteiger partial charge in [-0.05, 0) is 29.8 Å². The maximum atomic E-state index is 12.2. The zero-order valence-electron chi connectivity index (χ0n) is 8.43. The molecule has 84 valence electrons. The molecule has 0 aliphatic heterocycles. The number of carbonyl (C=O) groups excluding carboxylic acids is 1. The Labute approximate surface area is 113 Å². The summed E-state index contributed by atoms with van der Waals surface area (Å²) in [6.45, 7) is 0. The van der Waals surface area contributed by atoms with E-state index in [1.807, 2.05) is 0 Å². The van der Waals surface area contributed by atoms with E-state index < -0.39 is 0 Å². The van der Waals surface area contributed by atoms with E-state index in [0.29, 0.717) is 26.2 Å². The Morgan fingerprint density at radius 1 is 0.765 bits per heavy atom. The van der Waals surface area contributed by atoms with E-state index >= 15 is 0 Å². The Morgan fingerprint density at radius 3 is 2.24 bits per heavy atom. The summed E-state index contributed by atoms with van der Waals surface area (Å²) < 4.78 is 0. The van der Waals surface area contributed by atoms with Gasteiger partial charge in [-0.2, -0.15) is 0 Å². The quantitative estimate of drug-likeness (QED) is 0.576. The fourth-order valence-electron chi connectivity index (χ4n) is 2.09. The number of benzene rings is 2. The summed E-state index contributed by atoms with van der Waals surface area (Å²) in [5.41, 5.74) is 2.68. The first-order valence-corrected chi connectivity index (χ1v) is 6.05. The van der Waals surface area contributed by atoms with Crippen LogP contribution in [0.3, 0.4) is 0 Å². The highest BCUT2D eigenvalue weighted by Gasteiger charge is 2.29. The Balaban J connectivity index is 2.39. The maximum absolute atomic E-state index is 12.2. The van der Waals surface area contributed by atoms with Gasteiger partial charge in [0.1, 0.15) is 0 Å². The Bertz CT molecular complexity index is 662. The van der Waals surface area contributed by atoms with Crippen molar-refractivity contribution in [2.24, 2.45) is 0 Å². The molecule has 3 rings (SSSR count). The molecule has 0 atom stereocenters. The van der Waals surface area contributed by atoms with Crippen LogP contribution in [0.4, 0.5) is 0 Å². The first-order valence-electron chi connectivity index (χ1n) is 4.91. The van der Waals surface area contributed by atoms with E-state index in [4.69, 9.17) is 34.8 Å². The van der Waals surface area contributed by atoms with Crippen molar-refractivity contribution in [3.8, 4) is 11.1 Å². The van der Waals surface area contributed by atoms with E-state index in [1.165, 1.54) is 0 Å². The third kappa shape index (κ3) is 1.58. The molecule has 0 aromatic heterocycles. The molecule has 1 aliphatic rings. The van der Waals surface area contributed by atoms with E-state index in [-0.39, 0.29) is 5.78 Å². The van der Waals surface area contributed by atoms with Gasteiger partial charge in [0.15, 0.2) is 5.78 Å². The summed E-state index contributed by atoms with van der Waals surface area (Å²) in [6.07, 6.45) is 0. The second kappa shape index (κ2) is 3.74. The second-order valence-electron chi connectivity index (χ2n) is 3.83. The van der Waals surface area contributed by atoms with Crippen LogP contribution in [-0.2, 0) is 0 Å². The zero-order valence-corrected chi connectivity index (χ0v) is 10.7. The molecule has 0 N–H and O–H groups in total. The minimum atomic E-state index is -0.0816. The molecule has 0 heterocycles. The van der Waals surface area contributed by atoms with Gasteiger partial charge >= 0.3 is 0 Å². The lowest BCUT2D eigenvalue weighted by Crippen LogP contribution is -1.94. The van der Waals surface area contributed by atoms with E-state index in [9.17, 15) is 4.79 Å². The predicted octanol–water partition coefficient (Wildman–Crippen LogP) is 4.86. The number of halogens is 3. The number of hydrogen-bond donors (Lipinski definition) is 0. The minimum Gasteiger partial charge on any atom is -0.289 e.